The van der Waals surface area contributed by atoms with E-state index in [0.717, 1.165) is 22.9 Å². The number of carboxylic acid groups (broad SMARTS) is 1. The van der Waals surface area contributed by atoms with Gasteiger partial charge in [0, 0.05) is 30.1 Å². The third-order valence-corrected chi connectivity index (χ3v) is 6.71. The molecule has 15 nitrogen and oxygen atoms in total. The monoisotopic (exact) mass is 571 g/mol. The van der Waals surface area contributed by atoms with Crippen LogP contribution in [0.5, 0.6) is 0 Å². The highest BCUT2D eigenvalue weighted by Crippen LogP contribution is 2.19. The molecular weight excluding hydrogens is 534 g/mol. The van der Waals surface area contributed by atoms with E-state index in [4.69, 9.17) is 17.2 Å². The van der Waals surface area contributed by atoms with E-state index in [9.17, 15) is 29.1 Å². The Kier molecular flexibility index (Phi) is 11.0. The zero-order valence-corrected chi connectivity index (χ0v) is 22.5. The van der Waals surface area contributed by atoms with Gasteiger partial charge in [-0.1, -0.05) is 18.2 Å². The number of aliphatic carboxylic acids is 1. The van der Waals surface area contributed by atoms with Gasteiger partial charge in [-0.3, -0.25) is 24.2 Å². The van der Waals surface area contributed by atoms with Gasteiger partial charge in [-0.15, -0.1) is 0 Å². The lowest BCUT2D eigenvalue weighted by Gasteiger charge is -2.25. The maximum absolute atomic E-state index is 13.5. The summed E-state index contributed by atoms with van der Waals surface area (Å²) in [5.74, 6) is -4.38. The third kappa shape index (κ3) is 9.20. The van der Waals surface area contributed by atoms with Crippen LogP contribution in [0, 0.1) is 0 Å². The van der Waals surface area contributed by atoms with Gasteiger partial charge in [-0.05, 0) is 43.9 Å². The molecule has 222 valence electrons. The van der Waals surface area contributed by atoms with Crippen molar-refractivity contribution in [2.45, 2.75) is 62.7 Å². The summed E-state index contributed by atoms with van der Waals surface area (Å²) in [6.45, 7) is 0.823. The summed E-state index contributed by atoms with van der Waals surface area (Å²) in [5, 5.41) is 21.1. The van der Waals surface area contributed by atoms with Crippen LogP contribution in [0.3, 0.4) is 0 Å². The fourth-order valence-corrected chi connectivity index (χ4v) is 4.63. The van der Waals surface area contributed by atoms with Crippen molar-refractivity contribution in [3.63, 3.8) is 0 Å². The molecule has 41 heavy (non-hydrogen) atoms. The highest BCUT2D eigenvalue weighted by molar-refractivity contribution is 5.96. The first-order valence-corrected chi connectivity index (χ1v) is 13.3. The van der Waals surface area contributed by atoms with Crippen molar-refractivity contribution < 1.29 is 29.1 Å². The van der Waals surface area contributed by atoms with Crippen molar-refractivity contribution in [2.24, 2.45) is 22.2 Å². The first kappa shape index (κ1) is 30.9. The number of aliphatic imine (C=N–C) groups is 1. The number of fused-ring (bicyclic) bond motifs is 1. The third-order valence-electron chi connectivity index (χ3n) is 6.71. The summed E-state index contributed by atoms with van der Waals surface area (Å²) in [4.78, 5) is 69.9. The number of guanidine groups is 1. The van der Waals surface area contributed by atoms with Crippen molar-refractivity contribution in [1.29, 1.82) is 0 Å². The number of nitrogens with zero attached hydrogens (tertiary/aromatic N) is 1. The predicted molar refractivity (Wildman–Crippen MR) is 150 cm³/mol. The van der Waals surface area contributed by atoms with Gasteiger partial charge in [0.1, 0.15) is 18.1 Å². The molecule has 4 unspecified atom stereocenters. The van der Waals surface area contributed by atoms with E-state index < -0.39 is 54.3 Å². The zero-order valence-electron chi connectivity index (χ0n) is 22.5. The molecule has 2 heterocycles. The molecule has 0 radical (unpaired) electrons. The first-order chi connectivity index (χ1) is 19.5. The molecule has 1 fully saturated rings. The van der Waals surface area contributed by atoms with Gasteiger partial charge in [0.25, 0.3) is 0 Å². The number of benzene rings is 1. The van der Waals surface area contributed by atoms with Crippen LogP contribution >= 0.6 is 0 Å². The molecule has 4 amide bonds. The number of H-pyrrole nitrogens is 1. The summed E-state index contributed by atoms with van der Waals surface area (Å²) >= 11 is 0. The molecule has 0 bridgehead atoms. The Morgan fingerprint density at radius 1 is 1.00 bits per heavy atom. The number of aromatic amines is 1. The summed E-state index contributed by atoms with van der Waals surface area (Å²) in [6.07, 6.45) is 2.89. The molecule has 1 aliphatic rings. The average molecular weight is 572 g/mol. The number of carbonyl (C=O) groups excluding carboxylic acids is 4. The number of rotatable bonds is 15. The van der Waals surface area contributed by atoms with Crippen LogP contribution in [0.25, 0.3) is 10.9 Å². The number of para-hydroxylation sites is 1. The predicted octanol–water partition coefficient (Wildman–Crippen LogP) is -2.07. The van der Waals surface area contributed by atoms with Crippen LogP contribution in [0.2, 0.25) is 0 Å². The van der Waals surface area contributed by atoms with Crippen LogP contribution in [0.1, 0.15) is 37.7 Å². The Balaban J connectivity index is 1.77. The van der Waals surface area contributed by atoms with E-state index in [0.29, 0.717) is 13.0 Å². The maximum atomic E-state index is 13.5. The molecule has 2 aromatic rings. The fraction of sp³-hybridized carbons (Fsp3) is 0.462. The average Bonchev–Trinajstić information content (AvgIpc) is 3.60. The molecule has 3 rings (SSSR count). The SMILES string of the molecule is NC(=O)CC(NC(=O)C(Cc1c[nH]c2ccccc12)NC(=O)C1CCCN1)C(=O)NC(CCCN=C(N)N)C(=O)O. The number of amides is 4. The Hall–Kier alpha value is -4.66. The summed E-state index contributed by atoms with van der Waals surface area (Å²) in [6, 6.07) is 3.07. The molecular formula is C26H37N9O6. The van der Waals surface area contributed by atoms with E-state index in [-0.39, 0.29) is 37.7 Å². The van der Waals surface area contributed by atoms with E-state index in [1.807, 2.05) is 24.3 Å². The molecule has 1 aromatic heterocycles. The van der Waals surface area contributed by atoms with Crippen molar-refractivity contribution in [3.8, 4) is 0 Å². The van der Waals surface area contributed by atoms with Gasteiger partial charge < -0.3 is 48.6 Å². The highest BCUT2D eigenvalue weighted by atomic mass is 16.4. The lowest BCUT2D eigenvalue weighted by atomic mass is 10.0. The standard InChI is InChI=1S/C26H37N9O6/c27-21(36)12-20(24(39)33-18(25(40)41)8-4-10-31-26(28)29)35-23(38)19(34-22(37)17-7-3-9-30-17)11-14-13-32-16-6-2-1-5-15(14)16/h1-2,5-6,13,17-20,30,32H,3-4,7-12H2,(H2,27,36)(H,33,39)(H,34,37)(H,35,38)(H,40,41)(H4,28,29,31). The molecule has 15 heteroatoms. The van der Waals surface area contributed by atoms with Crippen molar-refractivity contribution in [3.05, 3.63) is 36.0 Å². The molecule has 4 atom stereocenters. The number of hydrogen-bond acceptors (Lipinski definition) is 7. The molecule has 1 aromatic carbocycles. The van der Waals surface area contributed by atoms with Crippen LogP contribution in [0.4, 0.5) is 0 Å². The Morgan fingerprint density at radius 3 is 2.37 bits per heavy atom. The summed E-state index contributed by atoms with van der Waals surface area (Å²) in [5.41, 5.74) is 17.5. The second-order valence-electron chi connectivity index (χ2n) is 9.85. The van der Waals surface area contributed by atoms with Crippen molar-refractivity contribution in [1.82, 2.24) is 26.3 Å². The summed E-state index contributed by atoms with van der Waals surface area (Å²) < 4.78 is 0. The second-order valence-corrected chi connectivity index (χ2v) is 9.85. The molecule has 0 saturated carbocycles. The highest BCUT2D eigenvalue weighted by Gasteiger charge is 2.32. The largest absolute Gasteiger partial charge is 0.480 e. The van der Waals surface area contributed by atoms with E-state index in [1.165, 1.54) is 0 Å². The Labute approximate surface area is 236 Å². The second kappa shape index (κ2) is 14.6. The van der Waals surface area contributed by atoms with Gasteiger partial charge >= 0.3 is 5.97 Å². The lowest BCUT2D eigenvalue weighted by Crippen LogP contribution is -2.58. The van der Waals surface area contributed by atoms with Crippen molar-refractivity contribution >= 4 is 46.5 Å². The quantitative estimate of drug-likeness (QED) is 0.0645. The van der Waals surface area contributed by atoms with Crippen LogP contribution < -0.4 is 38.5 Å². The van der Waals surface area contributed by atoms with Crippen LogP contribution in [-0.2, 0) is 30.4 Å². The number of nitrogens with one attached hydrogen (secondary N) is 5. The minimum absolute atomic E-state index is 0.0112. The fourth-order valence-electron chi connectivity index (χ4n) is 4.63. The van der Waals surface area contributed by atoms with E-state index in [2.05, 4.69) is 31.2 Å². The topological polar surface area (TPSA) is 260 Å². The van der Waals surface area contributed by atoms with Gasteiger partial charge in [-0.25, -0.2) is 4.79 Å². The maximum Gasteiger partial charge on any atom is 0.326 e. The van der Waals surface area contributed by atoms with E-state index in [1.54, 1.807) is 6.20 Å². The summed E-state index contributed by atoms with van der Waals surface area (Å²) in [7, 11) is 0. The Bertz CT molecular complexity index is 1280. The zero-order chi connectivity index (χ0) is 29.9. The van der Waals surface area contributed by atoms with Crippen LogP contribution in [-0.4, -0.2) is 82.9 Å². The number of nitrogens with two attached hydrogens (primary N) is 3. The van der Waals surface area contributed by atoms with Crippen molar-refractivity contribution in [2.75, 3.05) is 13.1 Å². The van der Waals surface area contributed by atoms with Gasteiger partial charge in [0.2, 0.25) is 23.6 Å². The van der Waals surface area contributed by atoms with Gasteiger partial charge in [0.05, 0.1) is 12.5 Å². The molecule has 1 aliphatic heterocycles. The minimum atomic E-state index is -1.48. The lowest BCUT2D eigenvalue weighted by molar-refractivity contribution is -0.142. The smallest absolute Gasteiger partial charge is 0.326 e. The molecule has 1 saturated heterocycles. The van der Waals surface area contributed by atoms with Gasteiger partial charge in [0.15, 0.2) is 5.96 Å². The number of carboxylic acids is 1. The normalized spacial score (nSPS) is 16.7. The number of aromatic nitrogens is 1. The molecule has 0 aliphatic carbocycles. The number of primary amides is 1. The number of hydrogen-bond donors (Lipinski definition) is 9. The first-order valence-electron chi connectivity index (χ1n) is 13.3. The number of carbonyl (C=O) groups is 5. The molecule has 0 spiro atoms. The minimum Gasteiger partial charge on any atom is -0.480 e. The molecule has 12 N–H and O–H groups in total. The Morgan fingerprint density at radius 2 is 1.71 bits per heavy atom. The van der Waals surface area contributed by atoms with E-state index >= 15 is 0 Å². The van der Waals surface area contributed by atoms with Gasteiger partial charge in [-0.2, -0.15) is 0 Å². The van der Waals surface area contributed by atoms with Crippen LogP contribution in [0.15, 0.2) is 35.5 Å².